The number of rotatable bonds is 20. The number of phenols is 1. The first-order chi connectivity index (χ1) is 50.5. The molecule has 0 spiro atoms. The number of aromatic amines is 2. The molecule has 12 rings (SSSR count). The number of anilines is 12. The molecule has 12 aromatic rings. The van der Waals surface area contributed by atoms with E-state index in [4.69, 9.17) is 65.1 Å². The molecule has 0 bridgehead atoms. The number of aromatic nitrogens is 12. The second-order valence-electron chi connectivity index (χ2n) is 24.1. The minimum atomic E-state index is -0.464. The standard InChI is InChI=1S/C19H21N5O2.C18H19N5O3.2C10H11ClO2.2C9H11N5/c1-12(2)26-16-9-5-7-14(11-16)17(25)24-18(20)22-19(23-24)21-15-8-4-6-13(3)10-15;1-11(2)26-15-8-3-5-12(9-15)16(25)23-17(19)21-18(22-23)20-13-6-4-7-14(24)10-13;2*1-7(2)13-9-5-3-4-8(6-9)10(11)12;2*1-6-3-2-4-7(5-6)11-9-12-8(10)13-14-9/h4-12H,1-3H3,(H3,20,21,22,23);3-11,24H,1-2H3,(H3,19,20,21,22);2*3-7H,1-2H3;2*2-5H,1H3,(H4,10,11,12,13,14). The van der Waals surface area contributed by atoms with E-state index in [9.17, 15) is 24.3 Å². The number of hydrogen-bond acceptors (Lipinski definition) is 25. The van der Waals surface area contributed by atoms with Crippen LogP contribution in [0, 0.1) is 20.8 Å². The van der Waals surface area contributed by atoms with Gasteiger partial charge in [-0.05, 0) is 237 Å². The zero-order valence-corrected chi connectivity index (χ0v) is 61.5. The van der Waals surface area contributed by atoms with Crippen LogP contribution in [0.15, 0.2) is 194 Å². The number of nitrogen functional groups attached to an aromatic ring is 4. The summed E-state index contributed by atoms with van der Waals surface area (Å²) < 4.78 is 24.1. The van der Waals surface area contributed by atoms with E-state index in [2.05, 4.69) is 71.8 Å². The van der Waals surface area contributed by atoms with E-state index in [1.807, 2.05) is 149 Å². The lowest BCUT2D eigenvalue weighted by atomic mass is 10.2. The van der Waals surface area contributed by atoms with Crippen molar-refractivity contribution >= 4 is 116 Å². The molecule has 0 aliphatic carbocycles. The number of nitrogens with zero attached hydrogens (tertiary/aromatic N) is 10. The zero-order valence-electron chi connectivity index (χ0n) is 60.0. The normalized spacial score (nSPS) is 10.4. The van der Waals surface area contributed by atoms with Crippen molar-refractivity contribution < 1.29 is 43.2 Å². The van der Waals surface area contributed by atoms with Crippen molar-refractivity contribution in [2.75, 3.05) is 44.2 Å². The second-order valence-corrected chi connectivity index (χ2v) is 24.8. The molecule has 29 nitrogen and oxygen atoms in total. The number of aromatic hydroxyl groups is 1. The van der Waals surface area contributed by atoms with Crippen LogP contribution in [0.3, 0.4) is 0 Å². The van der Waals surface area contributed by atoms with Gasteiger partial charge in [-0.15, -0.1) is 20.4 Å². The van der Waals surface area contributed by atoms with Crippen LogP contribution < -0.4 is 63.1 Å². The molecule has 0 saturated carbocycles. The van der Waals surface area contributed by atoms with Crippen molar-refractivity contribution in [3.05, 3.63) is 233 Å². The molecule has 0 fully saturated rings. The van der Waals surface area contributed by atoms with Crippen molar-refractivity contribution in [2.45, 2.75) is 101 Å². The number of benzene rings is 8. The topological polar surface area (TPSA) is 422 Å². The first-order valence-electron chi connectivity index (χ1n) is 32.9. The highest BCUT2D eigenvalue weighted by Crippen LogP contribution is 2.25. The highest BCUT2D eigenvalue weighted by atomic mass is 35.5. The van der Waals surface area contributed by atoms with Crippen LogP contribution >= 0.6 is 23.2 Å². The number of phenolic OH excluding ortho intramolecular Hbond substituents is 1. The fourth-order valence-electron chi connectivity index (χ4n) is 9.10. The number of aryl methyl sites for hydroxylation is 3. The minimum absolute atomic E-state index is 0.00474. The van der Waals surface area contributed by atoms with E-state index < -0.39 is 16.4 Å². The average molecular weight is 1480 g/mol. The van der Waals surface area contributed by atoms with E-state index >= 15 is 0 Å². The van der Waals surface area contributed by atoms with Crippen molar-refractivity contribution in [1.82, 2.24) is 59.9 Å². The SMILES string of the molecule is CC(C)Oc1cccc(C(=O)Cl)c1.CC(C)Oc1cccc(C(=O)Cl)c1.CC(C)Oc1cccc(C(=O)n2nc(Nc3cccc(O)c3)nc2N)c1.Cc1cccc(Nc2n[nH]c(N)n2)c1.Cc1cccc(Nc2n[nH]c(N)n2)c1.Cc1cccc(Nc2nc(N)n(C(=O)c3cccc(OC(C)C)c3)n2)c1. The Morgan fingerprint density at radius 3 is 0.953 bits per heavy atom. The van der Waals surface area contributed by atoms with E-state index in [1.165, 1.54) is 17.2 Å². The Kier molecular flexibility index (Phi) is 29.9. The summed E-state index contributed by atoms with van der Waals surface area (Å²) in [6.45, 7) is 21.4. The molecule has 8 aromatic carbocycles. The van der Waals surface area contributed by atoms with Crippen molar-refractivity contribution in [3.8, 4) is 28.7 Å². The van der Waals surface area contributed by atoms with Crippen LogP contribution in [0.2, 0.25) is 0 Å². The summed E-state index contributed by atoms with van der Waals surface area (Å²) in [4.78, 5) is 63.0. The summed E-state index contributed by atoms with van der Waals surface area (Å²) >= 11 is 10.6. The number of hydrogen-bond donors (Lipinski definition) is 11. The molecule has 0 saturated heterocycles. The van der Waals surface area contributed by atoms with E-state index in [1.54, 1.807) is 115 Å². The number of H-pyrrole nitrogens is 2. The molecule has 15 N–H and O–H groups in total. The first-order valence-corrected chi connectivity index (χ1v) is 33.7. The summed E-state index contributed by atoms with van der Waals surface area (Å²) in [5, 5.41) is 41.7. The Bertz CT molecular complexity index is 4560. The van der Waals surface area contributed by atoms with Crippen molar-refractivity contribution in [3.63, 3.8) is 0 Å². The summed E-state index contributed by atoms with van der Waals surface area (Å²) in [5.74, 6) is 3.78. The first kappa shape index (κ1) is 80.3. The fraction of sp³-hybridized carbons (Fsp3) is 0.200. The molecule has 0 atom stereocenters. The zero-order chi connectivity index (χ0) is 77.0. The van der Waals surface area contributed by atoms with Crippen LogP contribution in [0.4, 0.5) is 70.3 Å². The van der Waals surface area contributed by atoms with Gasteiger partial charge in [-0.1, -0.05) is 66.7 Å². The number of nitrogens with two attached hydrogens (primary N) is 4. The fourth-order valence-corrected chi connectivity index (χ4v) is 9.34. The van der Waals surface area contributed by atoms with E-state index in [0.717, 1.165) is 32.0 Å². The maximum absolute atomic E-state index is 12.7. The summed E-state index contributed by atoms with van der Waals surface area (Å²) in [5.41, 5.74) is 31.0. The third kappa shape index (κ3) is 27.1. The third-order valence-electron chi connectivity index (χ3n) is 13.4. The lowest BCUT2D eigenvalue weighted by Gasteiger charge is -2.10. The maximum Gasteiger partial charge on any atom is 0.281 e. The van der Waals surface area contributed by atoms with Crippen LogP contribution in [-0.2, 0) is 0 Å². The van der Waals surface area contributed by atoms with Crippen LogP contribution in [0.5, 0.6) is 28.7 Å². The quantitative estimate of drug-likeness (QED) is 0.0316. The molecule has 31 heteroatoms. The van der Waals surface area contributed by atoms with E-state index in [-0.39, 0.29) is 59.9 Å². The van der Waals surface area contributed by atoms with Crippen molar-refractivity contribution in [1.29, 1.82) is 0 Å². The Morgan fingerprint density at radius 2 is 0.670 bits per heavy atom. The van der Waals surface area contributed by atoms with Gasteiger partial charge in [-0.25, -0.2) is 10.2 Å². The molecule has 552 valence electrons. The summed E-state index contributed by atoms with van der Waals surface area (Å²) in [6, 6.07) is 57.4. The lowest BCUT2D eigenvalue weighted by molar-refractivity contribution is 0.0939. The monoisotopic (exact) mass is 1480 g/mol. The number of carbonyl (C=O) groups excluding carboxylic acids is 4. The Morgan fingerprint density at radius 1 is 0.387 bits per heavy atom. The molecular weight excluding hydrogens is 1400 g/mol. The number of nitrogens with one attached hydrogen (secondary N) is 6. The lowest BCUT2D eigenvalue weighted by Crippen LogP contribution is -2.16. The predicted molar refractivity (Wildman–Crippen MR) is 414 cm³/mol. The number of ether oxygens (including phenoxy) is 4. The van der Waals surface area contributed by atoms with Gasteiger partial charge in [0.1, 0.15) is 28.7 Å². The minimum Gasteiger partial charge on any atom is -0.508 e. The van der Waals surface area contributed by atoms with Gasteiger partial charge in [0.2, 0.25) is 47.6 Å². The summed E-state index contributed by atoms with van der Waals surface area (Å²) in [7, 11) is 0. The molecule has 0 amide bonds. The smallest absolute Gasteiger partial charge is 0.281 e. The van der Waals surface area contributed by atoms with Gasteiger partial charge in [-0.3, -0.25) is 19.2 Å². The van der Waals surface area contributed by atoms with Gasteiger partial charge >= 0.3 is 0 Å². The highest BCUT2D eigenvalue weighted by Gasteiger charge is 2.20. The number of halogens is 2. The summed E-state index contributed by atoms with van der Waals surface area (Å²) in [6.07, 6.45) is 0.207. The van der Waals surface area contributed by atoms with E-state index in [0.29, 0.717) is 74.7 Å². The Hall–Kier alpha value is -13.0. The second kappa shape index (κ2) is 39.4. The van der Waals surface area contributed by atoms with Gasteiger partial charge in [0.15, 0.2) is 0 Å². The predicted octanol–water partition coefficient (Wildman–Crippen LogP) is 14.8. The van der Waals surface area contributed by atoms with Crippen LogP contribution in [0.1, 0.15) is 114 Å². The molecule has 4 aromatic heterocycles. The van der Waals surface area contributed by atoms with Crippen molar-refractivity contribution in [2.24, 2.45) is 0 Å². The molecule has 4 heterocycles. The molecule has 0 aliphatic heterocycles. The van der Waals surface area contributed by atoms with Gasteiger partial charge < -0.3 is 68.3 Å². The molecule has 0 unspecified atom stereocenters. The average Bonchev–Trinajstić information content (AvgIpc) is 1.61. The number of carbonyl (C=O) groups is 4. The van der Waals surface area contributed by atoms with Gasteiger partial charge in [0.05, 0.1) is 24.4 Å². The largest absolute Gasteiger partial charge is 0.508 e. The molecular formula is C75H84Cl2N20O9. The maximum atomic E-state index is 12.7. The van der Waals surface area contributed by atoms with Crippen LogP contribution in [-0.4, -0.2) is 112 Å². The van der Waals surface area contributed by atoms with Gasteiger partial charge in [0, 0.05) is 51.1 Å². The molecule has 0 aliphatic rings. The molecule has 0 radical (unpaired) electrons. The molecule has 106 heavy (non-hydrogen) atoms. The van der Waals surface area contributed by atoms with Gasteiger partial charge in [-0.2, -0.15) is 29.3 Å². The Labute approximate surface area is 622 Å². The highest BCUT2D eigenvalue weighted by molar-refractivity contribution is 6.68. The Balaban J connectivity index is 0.000000183. The third-order valence-corrected chi connectivity index (χ3v) is 13.8. The van der Waals surface area contributed by atoms with Gasteiger partial charge in [0.25, 0.3) is 22.3 Å². The van der Waals surface area contributed by atoms with Crippen LogP contribution in [0.25, 0.3) is 0 Å².